The number of ether oxygens (including phenoxy) is 1. The second-order valence-electron chi connectivity index (χ2n) is 6.83. The van der Waals surface area contributed by atoms with Gasteiger partial charge in [0.05, 0.1) is 11.7 Å². The summed E-state index contributed by atoms with van der Waals surface area (Å²) in [6, 6.07) is 0. The highest BCUT2D eigenvalue weighted by Gasteiger charge is 2.40. The average molecular weight is 263 g/mol. The Bertz CT molecular complexity index is 306. The van der Waals surface area contributed by atoms with Crippen LogP contribution in [0.4, 0.5) is 0 Å². The van der Waals surface area contributed by atoms with Gasteiger partial charge >= 0.3 is 0 Å². The fourth-order valence-electron chi connectivity index (χ4n) is 4.09. The Hall–Kier alpha value is -0.340. The van der Waals surface area contributed by atoms with E-state index < -0.39 is 0 Å². The van der Waals surface area contributed by atoms with E-state index in [0.717, 1.165) is 12.5 Å². The first-order valence-electron chi connectivity index (χ1n) is 8.40. The van der Waals surface area contributed by atoms with Crippen LogP contribution in [0.25, 0.3) is 0 Å². The number of allylic oxidation sites excluding steroid dienone is 2. The molecule has 2 heteroatoms. The summed E-state index contributed by atoms with van der Waals surface area (Å²) in [6.07, 6.45) is 18.5. The van der Waals surface area contributed by atoms with Crippen LogP contribution in [-0.4, -0.2) is 24.8 Å². The Morgan fingerprint density at radius 3 is 2.68 bits per heavy atom. The van der Waals surface area contributed by atoms with E-state index in [1.807, 2.05) is 0 Å². The molecule has 0 aromatic rings. The van der Waals surface area contributed by atoms with Gasteiger partial charge in [0.2, 0.25) is 0 Å². The van der Waals surface area contributed by atoms with Gasteiger partial charge in [-0.3, -0.25) is 0 Å². The molecule has 1 N–H and O–H groups in total. The summed E-state index contributed by atoms with van der Waals surface area (Å²) in [5, 5.41) is 3.66. The second kappa shape index (κ2) is 6.41. The lowest BCUT2D eigenvalue weighted by molar-refractivity contribution is -0.0624. The van der Waals surface area contributed by atoms with Gasteiger partial charge in [0.1, 0.15) is 0 Å². The molecule has 108 valence electrons. The van der Waals surface area contributed by atoms with Crippen molar-refractivity contribution in [3.8, 4) is 0 Å². The zero-order valence-corrected chi connectivity index (χ0v) is 12.2. The fourth-order valence-corrected chi connectivity index (χ4v) is 4.09. The summed E-state index contributed by atoms with van der Waals surface area (Å²) in [7, 11) is 0. The maximum atomic E-state index is 6.40. The van der Waals surface area contributed by atoms with Gasteiger partial charge < -0.3 is 10.1 Å². The molecular weight excluding hydrogens is 234 g/mol. The molecule has 0 amide bonds. The lowest BCUT2D eigenvalue weighted by Crippen LogP contribution is -2.35. The average Bonchev–Trinajstić information content (AvgIpc) is 2.84. The predicted octanol–water partition coefficient (Wildman–Crippen LogP) is 3.81. The highest BCUT2D eigenvalue weighted by Crippen LogP contribution is 2.41. The predicted molar refractivity (Wildman–Crippen MR) is 79.3 cm³/mol. The molecular formula is C17H29NO. The molecule has 1 spiro atoms. The smallest absolute Gasteiger partial charge is 0.0708 e. The Labute approximate surface area is 118 Å². The van der Waals surface area contributed by atoms with Crippen molar-refractivity contribution in [1.82, 2.24) is 5.32 Å². The Morgan fingerprint density at radius 1 is 1.00 bits per heavy atom. The van der Waals surface area contributed by atoms with E-state index >= 15 is 0 Å². The van der Waals surface area contributed by atoms with E-state index in [1.165, 1.54) is 70.8 Å². The first kappa shape index (κ1) is 13.6. The lowest BCUT2D eigenvalue weighted by atomic mass is 9.83. The van der Waals surface area contributed by atoms with Crippen molar-refractivity contribution in [3.63, 3.8) is 0 Å². The normalized spacial score (nSPS) is 33.9. The molecule has 1 heterocycles. The summed E-state index contributed by atoms with van der Waals surface area (Å²) < 4.78 is 6.40. The quantitative estimate of drug-likeness (QED) is 0.779. The van der Waals surface area contributed by atoms with Crippen molar-refractivity contribution in [3.05, 3.63) is 12.2 Å². The van der Waals surface area contributed by atoms with Gasteiger partial charge in [-0.05, 0) is 57.4 Å². The highest BCUT2D eigenvalue weighted by atomic mass is 16.5. The maximum absolute atomic E-state index is 6.40. The van der Waals surface area contributed by atoms with Crippen LogP contribution in [0, 0.1) is 5.92 Å². The molecule has 2 aliphatic carbocycles. The molecule has 2 fully saturated rings. The third kappa shape index (κ3) is 3.61. The minimum Gasteiger partial charge on any atom is -0.370 e. The molecule has 1 aliphatic heterocycles. The summed E-state index contributed by atoms with van der Waals surface area (Å²) >= 11 is 0. The van der Waals surface area contributed by atoms with Crippen molar-refractivity contribution in [2.24, 2.45) is 5.92 Å². The lowest BCUT2D eigenvalue weighted by Gasteiger charge is -2.33. The zero-order chi connectivity index (χ0) is 13.0. The van der Waals surface area contributed by atoms with E-state index in [0.29, 0.717) is 6.10 Å². The van der Waals surface area contributed by atoms with E-state index in [-0.39, 0.29) is 5.60 Å². The summed E-state index contributed by atoms with van der Waals surface area (Å²) in [5.74, 6) is 0.857. The summed E-state index contributed by atoms with van der Waals surface area (Å²) in [4.78, 5) is 0. The fraction of sp³-hybridized carbons (Fsp3) is 0.882. The summed E-state index contributed by atoms with van der Waals surface area (Å²) in [6.45, 7) is 2.25. The molecule has 3 aliphatic rings. The van der Waals surface area contributed by atoms with Gasteiger partial charge in [0.15, 0.2) is 0 Å². The Kier molecular flexibility index (Phi) is 4.60. The van der Waals surface area contributed by atoms with Crippen LogP contribution in [0.1, 0.15) is 64.2 Å². The van der Waals surface area contributed by atoms with Crippen molar-refractivity contribution in [2.75, 3.05) is 13.1 Å². The number of hydrogen-bond donors (Lipinski definition) is 1. The molecule has 0 aromatic heterocycles. The molecule has 2 atom stereocenters. The third-order valence-electron chi connectivity index (χ3n) is 5.29. The zero-order valence-electron chi connectivity index (χ0n) is 12.2. The summed E-state index contributed by atoms with van der Waals surface area (Å²) in [5.41, 5.74) is 0.290. The van der Waals surface area contributed by atoms with Crippen LogP contribution in [0.5, 0.6) is 0 Å². The van der Waals surface area contributed by atoms with Crippen LogP contribution in [0.3, 0.4) is 0 Å². The number of hydrogen-bond acceptors (Lipinski definition) is 2. The maximum Gasteiger partial charge on any atom is 0.0708 e. The van der Waals surface area contributed by atoms with Gasteiger partial charge in [-0.1, -0.05) is 31.4 Å². The number of nitrogens with one attached hydrogen (secondary N) is 1. The second-order valence-corrected chi connectivity index (χ2v) is 6.83. The third-order valence-corrected chi connectivity index (χ3v) is 5.29. The molecule has 1 saturated heterocycles. The van der Waals surface area contributed by atoms with Gasteiger partial charge in [-0.2, -0.15) is 0 Å². The highest BCUT2D eigenvalue weighted by molar-refractivity contribution is 4.93. The first-order valence-corrected chi connectivity index (χ1v) is 8.40. The van der Waals surface area contributed by atoms with E-state index in [9.17, 15) is 0 Å². The standard InChI is InChI=1S/C17H29NO/c1-3-7-15(8-4-1)13-18-14-16-9-12-17(19-16)10-5-2-6-11-17/h1,3,15-16,18H,2,4-14H2. The van der Waals surface area contributed by atoms with Crippen LogP contribution in [0.2, 0.25) is 0 Å². The first-order chi connectivity index (χ1) is 9.36. The molecule has 0 aromatic carbocycles. The van der Waals surface area contributed by atoms with Gasteiger partial charge in [-0.25, -0.2) is 0 Å². The monoisotopic (exact) mass is 263 g/mol. The van der Waals surface area contributed by atoms with Crippen LogP contribution in [-0.2, 0) is 4.74 Å². The van der Waals surface area contributed by atoms with E-state index in [1.54, 1.807) is 0 Å². The van der Waals surface area contributed by atoms with Crippen molar-refractivity contribution in [1.29, 1.82) is 0 Å². The van der Waals surface area contributed by atoms with Crippen LogP contribution >= 0.6 is 0 Å². The molecule has 2 nitrogen and oxygen atoms in total. The molecule has 1 saturated carbocycles. The van der Waals surface area contributed by atoms with Gasteiger partial charge in [0, 0.05) is 6.54 Å². The molecule has 0 bridgehead atoms. The van der Waals surface area contributed by atoms with Gasteiger partial charge in [-0.15, -0.1) is 0 Å². The molecule has 3 rings (SSSR count). The SMILES string of the molecule is C1=CCC(CNCC2CCC3(CCCCC3)O2)CC1. The minimum absolute atomic E-state index is 0.290. The van der Waals surface area contributed by atoms with E-state index in [2.05, 4.69) is 17.5 Å². The topological polar surface area (TPSA) is 21.3 Å². The van der Waals surface area contributed by atoms with Gasteiger partial charge in [0.25, 0.3) is 0 Å². The van der Waals surface area contributed by atoms with Crippen molar-refractivity contribution >= 4 is 0 Å². The molecule has 0 radical (unpaired) electrons. The van der Waals surface area contributed by atoms with E-state index in [4.69, 9.17) is 4.74 Å². The Morgan fingerprint density at radius 2 is 1.89 bits per heavy atom. The number of rotatable bonds is 4. The molecule has 2 unspecified atom stereocenters. The van der Waals surface area contributed by atoms with Crippen LogP contribution < -0.4 is 5.32 Å². The largest absolute Gasteiger partial charge is 0.370 e. The molecule has 19 heavy (non-hydrogen) atoms. The van der Waals surface area contributed by atoms with Crippen LogP contribution in [0.15, 0.2) is 12.2 Å². The minimum atomic E-state index is 0.290. The van der Waals surface area contributed by atoms with Crippen molar-refractivity contribution in [2.45, 2.75) is 75.9 Å². The Balaban J connectivity index is 1.36. The van der Waals surface area contributed by atoms with Crippen molar-refractivity contribution < 1.29 is 4.74 Å².